The summed E-state index contributed by atoms with van der Waals surface area (Å²) in [5, 5.41) is 0. The Morgan fingerprint density at radius 1 is 0.194 bits per heavy atom. The summed E-state index contributed by atoms with van der Waals surface area (Å²) in [6.45, 7) is 7.77. The zero-order chi connectivity index (χ0) is 90.4. The number of halogens is 28. The van der Waals surface area contributed by atoms with Gasteiger partial charge in [-0.3, -0.25) is 0 Å². The SMILES string of the molecule is Fc1c(F)c(F)c(C(F)(F)F)c([B-](c2c(F)c(F)c(F)c(F)c2C(F)(F)F)(c2c(F)c(F)c(F)c(F)c2C(F)(F)F)c2c(F)c(F)c(F)c(F)c2C(F)(F)F)c1F.c1ccc(OCCOCCOCCOc2ccccc2[S+](c2ccccc2OCCOCCOCCOc2ccccc2)c2ccccc2OCCOCCOCCOc2ccccc2)cc1. The molecule has 0 saturated carbocycles. The van der Waals surface area contributed by atoms with Gasteiger partial charge in [-0.15, -0.1) is 21.9 Å². The maximum atomic E-state index is 16.0. The summed E-state index contributed by atoms with van der Waals surface area (Å²) in [5.41, 5.74) is -38.1. The maximum absolute atomic E-state index is 16.0. The van der Waals surface area contributed by atoms with E-state index in [4.69, 9.17) is 56.8 Å². The molecule has 0 aromatic heterocycles. The van der Waals surface area contributed by atoms with Crippen LogP contribution in [0, 0.1) is 93.1 Å². The summed E-state index contributed by atoms with van der Waals surface area (Å²) in [7, 11) is -0.725. The molecule has 0 aliphatic rings. The number of benzene rings is 10. The first-order chi connectivity index (χ1) is 58.9. The van der Waals surface area contributed by atoms with Crippen molar-refractivity contribution in [3.8, 4) is 34.5 Å². The van der Waals surface area contributed by atoms with Crippen LogP contribution in [0.25, 0.3) is 0 Å². The van der Waals surface area contributed by atoms with Gasteiger partial charge in [0, 0.05) is 0 Å². The second kappa shape index (κ2) is 43.7. The van der Waals surface area contributed by atoms with E-state index < -0.39 is 179 Å². The first-order valence-corrected chi connectivity index (χ1v) is 37.4. The third kappa shape index (κ3) is 23.2. The predicted octanol–water partition coefficient (Wildman–Crippen LogP) is 18.6. The number of hydrogen-bond donors (Lipinski definition) is 0. The van der Waals surface area contributed by atoms with Gasteiger partial charge in [0.1, 0.15) is 97.2 Å². The highest BCUT2D eigenvalue weighted by atomic mass is 32.2. The number of rotatable bonds is 40. The molecule has 0 aliphatic carbocycles. The molecule has 10 aromatic rings. The van der Waals surface area contributed by atoms with Crippen LogP contribution in [-0.4, -0.2) is 125 Å². The quantitative estimate of drug-likeness (QED) is 0.00910. The van der Waals surface area contributed by atoms with Crippen LogP contribution in [0.1, 0.15) is 22.3 Å². The lowest BCUT2D eigenvalue weighted by Gasteiger charge is -2.49. The number of alkyl halides is 12. The van der Waals surface area contributed by atoms with E-state index in [2.05, 4.69) is 18.2 Å². The normalized spacial score (nSPS) is 12.1. The van der Waals surface area contributed by atoms with Gasteiger partial charge in [0.2, 0.25) is 14.7 Å². The highest BCUT2D eigenvalue weighted by Crippen LogP contribution is 2.47. The predicted molar refractivity (Wildman–Crippen MR) is 388 cm³/mol. The number of hydrogen-bond acceptors (Lipinski definition) is 12. The van der Waals surface area contributed by atoms with E-state index in [9.17, 15) is 87.8 Å². The van der Waals surface area contributed by atoms with Crippen molar-refractivity contribution in [2.24, 2.45) is 0 Å². The van der Waals surface area contributed by atoms with Crippen LogP contribution in [0.2, 0.25) is 0 Å². The second-order valence-corrected chi connectivity index (χ2v) is 27.3. The lowest BCUT2D eigenvalue weighted by Crippen LogP contribution is -2.82. The molecule has 0 spiro atoms. The molecule has 0 amide bonds. The zero-order valence-electron chi connectivity index (χ0n) is 63.3. The van der Waals surface area contributed by atoms with E-state index in [0.717, 1.165) is 49.2 Å². The number of para-hydroxylation sites is 6. The average molecular weight is 1820 g/mol. The molecule has 0 fully saturated rings. The Balaban J connectivity index is 0.000000285. The third-order valence-electron chi connectivity index (χ3n) is 17.6. The molecular formula is C82H63BF28O12S. The monoisotopic (exact) mass is 1810 g/mol. The maximum Gasteiger partial charge on any atom is 0.416 e. The fourth-order valence-electron chi connectivity index (χ4n) is 12.6. The second-order valence-electron chi connectivity index (χ2n) is 25.4. The molecule has 0 unspecified atom stereocenters. The molecule has 0 saturated heterocycles. The molecule has 0 radical (unpaired) electrons. The minimum atomic E-state index is -8.89. The standard InChI is InChI=1S/C54H63O12S.C28BF28/c1-4-16-46(17-5-1)61-40-34-55-28-31-58-37-43-64-49-22-10-13-25-52(49)67(53-26-14-11-23-50(53)65-44-38-59-32-29-56-35-41-62-47-18-6-2-7-19-47)54-27-15-12-24-51(54)66-45-39-60-33-30-57-36-42-63-48-20-8-3-9-21-48;30-9-1(25(46,47)48)5(13(34)21(42)17(9)38)29(6-2(26(49,50)51)10(31)18(39)22(43)14(6)35,7-3(27(52,53)54)11(32)19(40)23(44)15(7)36)8-4(28(55,56)57)12(33)20(41)24(45)16(8)37/h1-27H,28-45H2;/q+1;-1. The summed E-state index contributed by atoms with van der Waals surface area (Å²) in [4.78, 5) is 2.93. The minimum absolute atomic E-state index is 0.351. The molecule has 12 nitrogen and oxygen atoms in total. The summed E-state index contributed by atoms with van der Waals surface area (Å²) in [6, 6.07) is 53.4. The largest absolute Gasteiger partial charge is 0.491 e. The molecule has 0 aliphatic heterocycles. The Hall–Kier alpha value is -10.8. The van der Waals surface area contributed by atoms with E-state index in [1.165, 1.54) is 0 Å². The van der Waals surface area contributed by atoms with E-state index >= 15 is 35.1 Å². The fourth-order valence-corrected chi connectivity index (χ4v) is 14.9. The van der Waals surface area contributed by atoms with Gasteiger partial charge in [0.05, 0.1) is 102 Å². The molecule has 10 aromatic carbocycles. The molecule has 0 bridgehead atoms. The molecule has 0 atom stereocenters. The van der Waals surface area contributed by atoms with Crippen molar-refractivity contribution in [1.82, 2.24) is 0 Å². The van der Waals surface area contributed by atoms with Gasteiger partial charge in [-0.2, -0.15) is 52.7 Å². The van der Waals surface area contributed by atoms with E-state index in [0.29, 0.717) is 119 Å². The Bertz CT molecular complexity index is 4640. The van der Waals surface area contributed by atoms with Crippen LogP contribution in [0.3, 0.4) is 0 Å². The summed E-state index contributed by atoms with van der Waals surface area (Å²) in [5.74, 6) is -65.1. The van der Waals surface area contributed by atoms with Gasteiger partial charge in [-0.25, -0.2) is 70.2 Å². The van der Waals surface area contributed by atoms with Crippen LogP contribution in [0.15, 0.2) is 178 Å². The van der Waals surface area contributed by atoms with Gasteiger partial charge >= 0.3 is 24.7 Å². The lowest BCUT2D eigenvalue weighted by molar-refractivity contribution is -0.140. The molecule has 0 N–H and O–H groups in total. The molecule has 10 rings (SSSR count). The average Bonchev–Trinajstić information content (AvgIpc) is 0.666. The van der Waals surface area contributed by atoms with Gasteiger partial charge in [-0.05, 0) is 72.8 Å². The molecule has 42 heteroatoms. The van der Waals surface area contributed by atoms with Gasteiger partial charge in [0.25, 0.3) is 0 Å². The highest BCUT2D eigenvalue weighted by molar-refractivity contribution is 7.97. The van der Waals surface area contributed by atoms with Crippen LogP contribution in [0.4, 0.5) is 123 Å². The van der Waals surface area contributed by atoms with Crippen molar-refractivity contribution in [3.63, 3.8) is 0 Å². The van der Waals surface area contributed by atoms with E-state index in [-0.39, 0.29) is 0 Å². The van der Waals surface area contributed by atoms with Gasteiger partial charge in [-0.1, -0.05) is 91.0 Å². The highest BCUT2D eigenvalue weighted by Gasteiger charge is 2.60. The van der Waals surface area contributed by atoms with Crippen molar-refractivity contribution in [2.75, 3.05) is 119 Å². The van der Waals surface area contributed by atoms with Crippen LogP contribution in [-0.2, 0) is 64.0 Å². The Morgan fingerprint density at radius 3 is 0.565 bits per heavy atom. The summed E-state index contributed by atoms with van der Waals surface area (Å²) < 4.78 is 489. The van der Waals surface area contributed by atoms with E-state index in [1.54, 1.807) is 0 Å². The summed E-state index contributed by atoms with van der Waals surface area (Å²) >= 11 is 0. The van der Waals surface area contributed by atoms with Crippen molar-refractivity contribution in [2.45, 2.75) is 39.4 Å². The third-order valence-corrected chi connectivity index (χ3v) is 19.9. The van der Waals surface area contributed by atoms with Crippen molar-refractivity contribution in [3.05, 3.63) is 279 Å². The smallest absolute Gasteiger partial charge is 0.416 e. The Morgan fingerprint density at radius 2 is 0.363 bits per heavy atom. The zero-order valence-corrected chi connectivity index (χ0v) is 64.1. The van der Waals surface area contributed by atoms with Crippen LogP contribution in [0.5, 0.6) is 34.5 Å². The minimum Gasteiger partial charge on any atom is -0.491 e. The molecular weight excluding hydrogens is 1750 g/mol. The van der Waals surface area contributed by atoms with Gasteiger partial charge < -0.3 is 56.8 Å². The van der Waals surface area contributed by atoms with Crippen molar-refractivity contribution < 1.29 is 180 Å². The first kappa shape index (κ1) is 97.0. The Labute approximate surface area is 688 Å². The molecule has 124 heavy (non-hydrogen) atoms. The van der Waals surface area contributed by atoms with Gasteiger partial charge in [0.15, 0.2) is 87.1 Å². The van der Waals surface area contributed by atoms with Crippen molar-refractivity contribution in [1.29, 1.82) is 0 Å². The summed E-state index contributed by atoms with van der Waals surface area (Å²) in [6.07, 6.45) is -39.5. The molecule has 0 heterocycles. The molecule has 668 valence electrons. The van der Waals surface area contributed by atoms with E-state index in [1.807, 2.05) is 146 Å². The fraction of sp³-hybridized carbons (Fsp3) is 0.268. The Kier molecular flexibility index (Phi) is 34.2. The topological polar surface area (TPSA) is 111 Å². The van der Waals surface area contributed by atoms with Crippen LogP contribution < -0.4 is 50.3 Å². The van der Waals surface area contributed by atoms with Crippen molar-refractivity contribution >= 4 is 38.9 Å². The van der Waals surface area contributed by atoms with Crippen LogP contribution >= 0.6 is 0 Å². The lowest BCUT2D eigenvalue weighted by atomic mass is 9.11. The number of ether oxygens (including phenoxy) is 12. The first-order valence-electron chi connectivity index (χ1n) is 36.2.